The SMILES string of the molecule is Cc1ccc(NC(=O)N2CCCC2c2cc(C)on2)cc1. The van der Waals surface area contributed by atoms with Crippen LogP contribution >= 0.6 is 0 Å². The summed E-state index contributed by atoms with van der Waals surface area (Å²) in [6.07, 6.45) is 1.91. The number of nitrogens with one attached hydrogen (secondary N) is 1. The predicted octanol–water partition coefficient (Wildman–Crippen LogP) is 3.66. The molecule has 1 N–H and O–H groups in total. The molecule has 5 heteroatoms. The molecular weight excluding hydrogens is 266 g/mol. The maximum atomic E-state index is 12.4. The third-order valence-corrected chi connectivity index (χ3v) is 3.80. The first kappa shape index (κ1) is 13.7. The van der Waals surface area contributed by atoms with E-state index in [4.69, 9.17) is 4.52 Å². The van der Waals surface area contributed by atoms with Crippen LogP contribution in [-0.2, 0) is 0 Å². The molecule has 1 saturated heterocycles. The molecule has 0 bridgehead atoms. The van der Waals surface area contributed by atoms with E-state index in [9.17, 15) is 4.79 Å². The van der Waals surface area contributed by atoms with Gasteiger partial charge < -0.3 is 14.7 Å². The van der Waals surface area contributed by atoms with E-state index in [2.05, 4.69) is 10.5 Å². The number of likely N-dealkylation sites (tertiary alicyclic amines) is 1. The molecule has 1 atom stereocenters. The number of rotatable bonds is 2. The van der Waals surface area contributed by atoms with Gasteiger partial charge in [0.1, 0.15) is 11.5 Å². The Balaban J connectivity index is 1.72. The Morgan fingerprint density at radius 3 is 2.76 bits per heavy atom. The highest BCUT2D eigenvalue weighted by Gasteiger charge is 2.32. The van der Waals surface area contributed by atoms with Crippen LogP contribution in [0.3, 0.4) is 0 Å². The predicted molar refractivity (Wildman–Crippen MR) is 80.1 cm³/mol. The zero-order valence-electron chi connectivity index (χ0n) is 12.3. The zero-order valence-corrected chi connectivity index (χ0v) is 12.3. The lowest BCUT2D eigenvalue weighted by atomic mass is 10.1. The summed E-state index contributed by atoms with van der Waals surface area (Å²) in [5, 5.41) is 7.00. The van der Waals surface area contributed by atoms with Crippen LogP contribution in [0.25, 0.3) is 0 Å². The summed E-state index contributed by atoms with van der Waals surface area (Å²) in [6, 6.07) is 9.63. The van der Waals surface area contributed by atoms with Gasteiger partial charge in [0, 0.05) is 18.3 Å². The van der Waals surface area contributed by atoms with Crippen molar-refractivity contribution >= 4 is 11.7 Å². The standard InChI is InChI=1S/C16H19N3O2/c1-11-5-7-13(8-6-11)17-16(20)19-9-3-4-15(19)14-10-12(2)21-18-14/h5-8,10,15H,3-4,9H2,1-2H3,(H,17,20). The van der Waals surface area contributed by atoms with E-state index < -0.39 is 0 Å². The molecule has 5 nitrogen and oxygen atoms in total. The maximum Gasteiger partial charge on any atom is 0.322 e. The highest BCUT2D eigenvalue weighted by atomic mass is 16.5. The van der Waals surface area contributed by atoms with Crippen molar-refractivity contribution in [3.63, 3.8) is 0 Å². The molecule has 21 heavy (non-hydrogen) atoms. The van der Waals surface area contributed by atoms with E-state index in [1.54, 1.807) is 0 Å². The monoisotopic (exact) mass is 285 g/mol. The Labute approximate surface area is 123 Å². The normalized spacial score (nSPS) is 18.0. The molecule has 110 valence electrons. The van der Waals surface area contributed by atoms with Crippen molar-refractivity contribution in [1.82, 2.24) is 10.1 Å². The first-order valence-corrected chi connectivity index (χ1v) is 7.21. The first-order chi connectivity index (χ1) is 10.1. The van der Waals surface area contributed by atoms with Gasteiger partial charge in [-0.3, -0.25) is 0 Å². The molecule has 2 heterocycles. The highest BCUT2D eigenvalue weighted by molar-refractivity contribution is 5.89. The summed E-state index contributed by atoms with van der Waals surface area (Å²) < 4.78 is 5.13. The van der Waals surface area contributed by atoms with E-state index >= 15 is 0 Å². The number of nitrogens with zero attached hydrogens (tertiary/aromatic N) is 2. The minimum Gasteiger partial charge on any atom is -0.361 e. The highest BCUT2D eigenvalue weighted by Crippen LogP contribution is 2.31. The molecule has 1 aromatic heterocycles. The van der Waals surface area contributed by atoms with Crippen LogP contribution in [0.15, 0.2) is 34.9 Å². The molecule has 3 rings (SSSR count). The lowest BCUT2D eigenvalue weighted by Gasteiger charge is -2.23. The smallest absolute Gasteiger partial charge is 0.322 e. The lowest BCUT2D eigenvalue weighted by Crippen LogP contribution is -2.34. The van der Waals surface area contributed by atoms with Crippen molar-refractivity contribution in [2.24, 2.45) is 0 Å². The molecule has 0 saturated carbocycles. The van der Waals surface area contributed by atoms with Gasteiger partial charge in [0.05, 0.1) is 6.04 Å². The first-order valence-electron chi connectivity index (χ1n) is 7.21. The van der Waals surface area contributed by atoms with Crippen LogP contribution in [-0.4, -0.2) is 22.6 Å². The number of urea groups is 1. The number of anilines is 1. The fraction of sp³-hybridized carbons (Fsp3) is 0.375. The van der Waals surface area contributed by atoms with Gasteiger partial charge in [-0.25, -0.2) is 4.79 Å². The second kappa shape index (κ2) is 5.60. The summed E-state index contributed by atoms with van der Waals surface area (Å²) in [5.41, 5.74) is 2.82. The van der Waals surface area contributed by atoms with Crippen LogP contribution in [0.2, 0.25) is 0 Å². The van der Waals surface area contributed by atoms with Gasteiger partial charge in [0.15, 0.2) is 0 Å². The van der Waals surface area contributed by atoms with E-state index in [1.807, 2.05) is 49.1 Å². The Morgan fingerprint density at radius 2 is 2.10 bits per heavy atom. The Kier molecular flexibility index (Phi) is 3.64. The average molecular weight is 285 g/mol. The van der Waals surface area contributed by atoms with Crippen molar-refractivity contribution in [3.8, 4) is 0 Å². The quantitative estimate of drug-likeness (QED) is 0.916. The number of hydrogen-bond donors (Lipinski definition) is 1. The summed E-state index contributed by atoms with van der Waals surface area (Å²) in [7, 11) is 0. The molecule has 0 radical (unpaired) electrons. The number of carbonyl (C=O) groups is 1. The van der Waals surface area contributed by atoms with E-state index in [0.29, 0.717) is 0 Å². The molecule has 1 aliphatic rings. The summed E-state index contributed by atoms with van der Waals surface area (Å²) in [4.78, 5) is 14.3. The number of amides is 2. The van der Waals surface area contributed by atoms with Crippen LogP contribution < -0.4 is 5.32 Å². The zero-order chi connectivity index (χ0) is 14.8. The molecule has 0 spiro atoms. The summed E-state index contributed by atoms with van der Waals surface area (Å²) >= 11 is 0. The third kappa shape index (κ3) is 2.91. The van der Waals surface area contributed by atoms with Gasteiger partial charge in [0.25, 0.3) is 0 Å². The number of benzene rings is 1. The molecule has 1 fully saturated rings. The van der Waals surface area contributed by atoms with Crippen LogP contribution in [0.1, 0.15) is 35.9 Å². The van der Waals surface area contributed by atoms with E-state index in [0.717, 1.165) is 36.5 Å². The molecule has 1 unspecified atom stereocenters. The van der Waals surface area contributed by atoms with Gasteiger partial charge in [0.2, 0.25) is 0 Å². The van der Waals surface area contributed by atoms with Crippen LogP contribution in [0.5, 0.6) is 0 Å². The molecule has 2 aromatic rings. The third-order valence-electron chi connectivity index (χ3n) is 3.80. The molecule has 2 amide bonds. The van der Waals surface area contributed by atoms with Gasteiger partial charge in [-0.1, -0.05) is 22.9 Å². The Hall–Kier alpha value is -2.30. The molecule has 1 aromatic carbocycles. The average Bonchev–Trinajstić information content (AvgIpc) is 3.09. The number of carbonyl (C=O) groups excluding carboxylic acids is 1. The number of hydrogen-bond acceptors (Lipinski definition) is 3. The fourth-order valence-electron chi connectivity index (χ4n) is 2.69. The van der Waals surface area contributed by atoms with Gasteiger partial charge >= 0.3 is 6.03 Å². The largest absolute Gasteiger partial charge is 0.361 e. The van der Waals surface area contributed by atoms with Crippen molar-refractivity contribution in [2.45, 2.75) is 32.7 Å². The van der Waals surface area contributed by atoms with E-state index in [1.165, 1.54) is 5.56 Å². The van der Waals surface area contributed by atoms with Gasteiger partial charge in [-0.05, 0) is 38.8 Å². The Bertz CT molecular complexity index is 633. The Morgan fingerprint density at radius 1 is 1.33 bits per heavy atom. The van der Waals surface area contributed by atoms with Crippen molar-refractivity contribution in [1.29, 1.82) is 0 Å². The van der Waals surface area contributed by atoms with Crippen LogP contribution in [0.4, 0.5) is 10.5 Å². The summed E-state index contributed by atoms with van der Waals surface area (Å²) in [5.74, 6) is 0.774. The van der Waals surface area contributed by atoms with Crippen molar-refractivity contribution < 1.29 is 9.32 Å². The van der Waals surface area contributed by atoms with Gasteiger partial charge in [-0.2, -0.15) is 0 Å². The van der Waals surface area contributed by atoms with Crippen LogP contribution in [0, 0.1) is 13.8 Å². The van der Waals surface area contributed by atoms with E-state index in [-0.39, 0.29) is 12.1 Å². The molecule has 0 aliphatic carbocycles. The summed E-state index contributed by atoms with van der Waals surface area (Å²) in [6.45, 7) is 4.63. The fourth-order valence-corrected chi connectivity index (χ4v) is 2.69. The second-order valence-corrected chi connectivity index (χ2v) is 5.51. The number of aryl methyl sites for hydroxylation is 2. The van der Waals surface area contributed by atoms with Crippen molar-refractivity contribution in [3.05, 3.63) is 47.3 Å². The number of aromatic nitrogens is 1. The topological polar surface area (TPSA) is 58.4 Å². The molecular formula is C16H19N3O2. The lowest BCUT2D eigenvalue weighted by molar-refractivity contribution is 0.204. The van der Waals surface area contributed by atoms with Gasteiger partial charge in [-0.15, -0.1) is 0 Å². The maximum absolute atomic E-state index is 12.4. The minimum absolute atomic E-state index is 0.00731. The second-order valence-electron chi connectivity index (χ2n) is 5.51. The van der Waals surface area contributed by atoms with Crippen molar-refractivity contribution in [2.75, 3.05) is 11.9 Å². The minimum atomic E-state index is -0.0815. The molecule has 1 aliphatic heterocycles.